The zero-order valence-electron chi connectivity index (χ0n) is 13.3. The molecule has 1 saturated carbocycles. The van der Waals surface area contributed by atoms with Crippen LogP contribution in [0.3, 0.4) is 0 Å². The molecular formula is C18H25FN2O. The highest BCUT2D eigenvalue weighted by Gasteiger charge is 2.51. The largest absolute Gasteiger partial charge is 0.351 e. The van der Waals surface area contributed by atoms with Gasteiger partial charge in [0.05, 0.1) is 5.41 Å². The van der Waals surface area contributed by atoms with E-state index in [1.165, 1.54) is 25.0 Å². The normalized spacial score (nSPS) is 21.5. The second-order valence-corrected chi connectivity index (χ2v) is 6.68. The molecule has 1 atom stereocenters. The number of likely N-dealkylation sites (tertiary alicyclic amines) is 1. The molecule has 0 radical (unpaired) electrons. The molecule has 4 heteroatoms. The van der Waals surface area contributed by atoms with Gasteiger partial charge in [-0.15, -0.1) is 0 Å². The lowest BCUT2D eigenvalue weighted by Gasteiger charge is -2.26. The van der Waals surface area contributed by atoms with Gasteiger partial charge in [-0.2, -0.15) is 0 Å². The standard InChI is InChI=1S/C18H25FN2O/c1-2-16(13-21-10-3-4-11-21)20-17(22)18(8-9-18)14-6-5-7-15(19)12-14/h5-7,12,16H,2-4,8-11,13H2,1H3,(H,20,22)/t16-/m0/s1. The van der Waals surface area contributed by atoms with Crippen LogP contribution in [-0.4, -0.2) is 36.5 Å². The number of nitrogens with zero attached hydrogens (tertiary/aromatic N) is 1. The molecule has 3 rings (SSSR count). The van der Waals surface area contributed by atoms with Crippen molar-refractivity contribution in [3.05, 3.63) is 35.6 Å². The highest BCUT2D eigenvalue weighted by Crippen LogP contribution is 2.48. The van der Waals surface area contributed by atoms with Gasteiger partial charge in [0, 0.05) is 12.6 Å². The maximum absolute atomic E-state index is 13.4. The molecule has 2 aliphatic rings. The number of halogens is 1. The van der Waals surface area contributed by atoms with Crippen LogP contribution in [0.2, 0.25) is 0 Å². The first kappa shape index (κ1) is 15.5. The Morgan fingerprint density at radius 3 is 2.68 bits per heavy atom. The van der Waals surface area contributed by atoms with E-state index in [2.05, 4.69) is 17.1 Å². The molecule has 0 aromatic heterocycles. The number of hydrogen-bond donors (Lipinski definition) is 1. The van der Waals surface area contributed by atoms with E-state index in [0.29, 0.717) is 0 Å². The predicted molar refractivity (Wildman–Crippen MR) is 85.2 cm³/mol. The van der Waals surface area contributed by atoms with E-state index < -0.39 is 5.41 Å². The summed E-state index contributed by atoms with van der Waals surface area (Å²) in [6.45, 7) is 5.33. The van der Waals surface area contributed by atoms with Gasteiger partial charge in [0.1, 0.15) is 5.82 Å². The summed E-state index contributed by atoms with van der Waals surface area (Å²) in [6, 6.07) is 6.70. The molecular weight excluding hydrogens is 279 g/mol. The van der Waals surface area contributed by atoms with Crippen LogP contribution >= 0.6 is 0 Å². The molecule has 0 unspecified atom stereocenters. The van der Waals surface area contributed by atoms with Gasteiger partial charge in [0.25, 0.3) is 0 Å². The van der Waals surface area contributed by atoms with Crippen molar-refractivity contribution >= 4 is 5.91 Å². The first-order valence-corrected chi connectivity index (χ1v) is 8.43. The van der Waals surface area contributed by atoms with Crippen molar-refractivity contribution in [3.8, 4) is 0 Å². The number of carbonyl (C=O) groups is 1. The first-order chi connectivity index (χ1) is 10.6. The van der Waals surface area contributed by atoms with Gasteiger partial charge in [0.15, 0.2) is 0 Å². The number of rotatable bonds is 6. The fraction of sp³-hybridized carbons (Fsp3) is 0.611. The van der Waals surface area contributed by atoms with Crippen LogP contribution < -0.4 is 5.32 Å². The predicted octanol–water partition coefficient (Wildman–Crippen LogP) is 2.85. The fourth-order valence-corrected chi connectivity index (χ4v) is 3.44. The minimum Gasteiger partial charge on any atom is -0.351 e. The SMILES string of the molecule is CC[C@@H](CN1CCCC1)NC(=O)C1(c2cccc(F)c2)CC1. The van der Waals surface area contributed by atoms with Gasteiger partial charge in [-0.1, -0.05) is 19.1 Å². The first-order valence-electron chi connectivity index (χ1n) is 8.43. The van der Waals surface area contributed by atoms with Crippen LogP contribution in [0, 0.1) is 5.82 Å². The Morgan fingerprint density at radius 1 is 1.36 bits per heavy atom. The van der Waals surface area contributed by atoms with Crippen LogP contribution in [0.4, 0.5) is 4.39 Å². The zero-order chi connectivity index (χ0) is 15.6. The highest BCUT2D eigenvalue weighted by atomic mass is 19.1. The zero-order valence-corrected chi connectivity index (χ0v) is 13.3. The Labute approximate surface area is 131 Å². The fourth-order valence-electron chi connectivity index (χ4n) is 3.44. The third-order valence-corrected chi connectivity index (χ3v) is 5.07. The molecule has 2 fully saturated rings. The summed E-state index contributed by atoms with van der Waals surface area (Å²) in [4.78, 5) is 15.2. The summed E-state index contributed by atoms with van der Waals surface area (Å²) >= 11 is 0. The van der Waals surface area contributed by atoms with Crippen LogP contribution in [0.5, 0.6) is 0 Å². The average Bonchev–Trinajstić information content (AvgIpc) is 3.18. The van der Waals surface area contributed by atoms with Gasteiger partial charge < -0.3 is 10.2 Å². The van der Waals surface area contributed by atoms with Gasteiger partial charge in [-0.3, -0.25) is 4.79 Å². The van der Waals surface area contributed by atoms with Gasteiger partial charge in [-0.05, 0) is 62.9 Å². The van der Waals surface area contributed by atoms with E-state index in [0.717, 1.165) is 44.5 Å². The molecule has 22 heavy (non-hydrogen) atoms. The van der Waals surface area contributed by atoms with E-state index in [9.17, 15) is 9.18 Å². The van der Waals surface area contributed by atoms with Crippen molar-refractivity contribution in [2.75, 3.05) is 19.6 Å². The molecule has 1 heterocycles. The quantitative estimate of drug-likeness (QED) is 0.876. The Bertz CT molecular complexity index is 536. The van der Waals surface area contributed by atoms with E-state index in [-0.39, 0.29) is 17.8 Å². The summed E-state index contributed by atoms with van der Waals surface area (Å²) in [7, 11) is 0. The number of amides is 1. The number of benzene rings is 1. The average molecular weight is 304 g/mol. The number of nitrogens with one attached hydrogen (secondary N) is 1. The van der Waals surface area contributed by atoms with Crippen molar-refractivity contribution in [3.63, 3.8) is 0 Å². The van der Waals surface area contributed by atoms with Crippen LogP contribution in [0.1, 0.15) is 44.6 Å². The smallest absolute Gasteiger partial charge is 0.230 e. The molecule has 0 spiro atoms. The van der Waals surface area contributed by atoms with Crippen LogP contribution in [-0.2, 0) is 10.2 Å². The lowest BCUT2D eigenvalue weighted by molar-refractivity contribution is -0.124. The van der Waals surface area contributed by atoms with Crippen molar-refractivity contribution in [2.45, 2.75) is 50.5 Å². The summed E-state index contributed by atoms with van der Waals surface area (Å²) in [5, 5.41) is 3.21. The van der Waals surface area contributed by atoms with Crippen LogP contribution in [0.25, 0.3) is 0 Å². The molecule has 1 aliphatic carbocycles. The van der Waals surface area contributed by atoms with E-state index in [1.807, 2.05) is 6.07 Å². The molecule has 0 bridgehead atoms. The third kappa shape index (κ3) is 3.17. The number of hydrogen-bond acceptors (Lipinski definition) is 2. The molecule has 1 aliphatic heterocycles. The maximum atomic E-state index is 13.4. The summed E-state index contributed by atoms with van der Waals surface area (Å²) in [5.74, 6) is -0.190. The van der Waals surface area contributed by atoms with E-state index in [1.54, 1.807) is 6.07 Å². The number of carbonyl (C=O) groups excluding carboxylic acids is 1. The monoisotopic (exact) mass is 304 g/mol. The highest BCUT2D eigenvalue weighted by molar-refractivity contribution is 5.91. The Hall–Kier alpha value is -1.42. The van der Waals surface area contributed by atoms with Gasteiger partial charge >= 0.3 is 0 Å². The lowest BCUT2D eigenvalue weighted by atomic mass is 9.94. The topological polar surface area (TPSA) is 32.3 Å². The minimum atomic E-state index is -0.486. The van der Waals surface area contributed by atoms with Crippen molar-refractivity contribution in [1.29, 1.82) is 0 Å². The Kier molecular flexibility index (Phi) is 4.48. The Balaban J connectivity index is 1.65. The lowest BCUT2D eigenvalue weighted by Crippen LogP contribution is -2.46. The minimum absolute atomic E-state index is 0.0733. The van der Waals surface area contributed by atoms with E-state index >= 15 is 0 Å². The molecule has 1 N–H and O–H groups in total. The Morgan fingerprint density at radius 2 is 2.09 bits per heavy atom. The second kappa shape index (κ2) is 6.37. The maximum Gasteiger partial charge on any atom is 0.230 e. The summed E-state index contributed by atoms with van der Waals surface area (Å²) in [6.07, 6.45) is 5.10. The molecule has 1 aromatic rings. The summed E-state index contributed by atoms with van der Waals surface area (Å²) < 4.78 is 13.4. The van der Waals surface area contributed by atoms with Crippen molar-refractivity contribution < 1.29 is 9.18 Å². The van der Waals surface area contributed by atoms with Gasteiger partial charge in [-0.25, -0.2) is 4.39 Å². The van der Waals surface area contributed by atoms with Crippen molar-refractivity contribution in [1.82, 2.24) is 10.2 Å². The molecule has 1 amide bonds. The molecule has 120 valence electrons. The van der Waals surface area contributed by atoms with Crippen LogP contribution in [0.15, 0.2) is 24.3 Å². The van der Waals surface area contributed by atoms with Crippen molar-refractivity contribution in [2.24, 2.45) is 0 Å². The molecule has 3 nitrogen and oxygen atoms in total. The summed E-state index contributed by atoms with van der Waals surface area (Å²) in [5.41, 5.74) is 0.335. The molecule has 1 saturated heterocycles. The van der Waals surface area contributed by atoms with Gasteiger partial charge in [0.2, 0.25) is 5.91 Å². The third-order valence-electron chi connectivity index (χ3n) is 5.07. The second-order valence-electron chi connectivity index (χ2n) is 6.68. The molecule has 1 aromatic carbocycles. The van der Waals surface area contributed by atoms with E-state index in [4.69, 9.17) is 0 Å².